The molecule has 0 unspecified atom stereocenters. The highest BCUT2D eigenvalue weighted by molar-refractivity contribution is 5.66. The fourth-order valence-corrected chi connectivity index (χ4v) is 7.60. The molecular formula is C57H112N2O4. The number of rotatable bonds is 49. The first-order valence-corrected chi connectivity index (χ1v) is 27.8. The molecule has 6 heteroatoms. The van der Waals surface area contributed by atoms with Gasteiger partial charge in [0.05, 0.1) is 0 Å². The number of aliphatic carboxylic acids is 2. The van der Waals surface area contributed by atoms with E-state index < -0.39 is 11.9 Å². The molecule has 0 aliphatic carbocycles. The smallest absolute Gasteiger partial charge is 0.303 e. The third-order valence-electron chi connectivity index (χ3n) is 11.8. The molecule has 0 atom stereocenters. The summed E-state index contributed by atoms with van der Waals surface area (Å²) in [5.74, 6) is -1.33. The normalized spacial score (nSPS) is 11.3. The van der Waals surface area contributed by atoms with Gasteiger partial charge in [-0.15, -0.1) is 0 Å². The summed E-state index contributed by atoms with van der Waals surface area (Å²) in [6, 6.07) is 0. The van der Waals surface area contributed by atoms with E-state index in [1.54, 1.807) is 0 Å². The Morgan fingerprint density at radius 1 is 0.349 bits per heavy atom. The second kappa shape index (κ2) is 64.2. The highest BCUT2D eigenvalue weighted by Gasteiger charge is 1.98. The average Bonchev–Trinajstić information content (AvgIpc) is 3.27. The third-order valence-corrected chi connectivity index (χ3v) is 11.8. The van der Waals surface area contributed by atoms with Gasteiger partial charge < -0.3 is 21.3 Å². The van der Waals surface area contributed by atoms with Crippen molar-refractivity contribution in [3.8, 4) is 0 Å². The third kappa shape index (κ3) is 74.6. The van der Waals surface area contributed by atoms with Crippen LogP contribution in [0.3, 0.4) is 0 Å². The zero-order valence-corrected chi connectivity index (χ0v) is 42.8. The summed E-state index contributed by atoms with van der Waals surface area (Å²) in [6.07, 6.45) is 69.2. The van der Waals surface area contributed by atoms with Gasteiger partial charge in [-0.25, -0.2) is 0 Å². The molecule has 0 amide bonds. The standard InChI is InChI=1S/C21H44N2.2C18H34O2/c1-2-3-4-5-6-7-8-9-10-11-12-13-14-15-16-17-20-23-21-18-19-22;2*1-2-3-4-5-6-7-8-9-10-11-12-13-14-15-16-17-18(19)20/h17,20,23H,2-16,18-19,21-22H2,1H3;2*9-10H,2-8,11-17H2,1H3,(H,19,20). The van der Waals surface area contributed by atoms with Gasteiger partial charge in [0, 0.05) is 19.4 Å². The minimum absolute atomic E-state index is 0.332. The van der Waals surface area contributed by atoms with Crippen LogP contribution < -0.4 is 11.1 Å². The molecule has 0 aliphatic heterocycles. The number of carboxylic acid groups (broad SMARTS) is 2. The van der Waals surface area contributed by atoms with Crippen LogP contribution in [-0.2, 0) is 9.59 Å². The van der Waals surface area contributed by atoms with E-state index in [0.29, 0.717) is 12.8 Å². The first kappa shape index (κ1) is 65.2. The van der Waals surface area contributed by atoms with E-state index in [1.165, 1.54) is 238 Å². The van der Waals surface area contributed by atoms with Crippen molar-refractivity contribution in [2.24, 2.45) is 5.73 Å². The largest absolute Gasteiger partial charge is 0.481 e. The summed E-state index contributed by atoms with van der Waals surface area (Å²) in [5, 5.41) is 20.3. The fraction of sp³-hybridized carbons (Fsp3) is 0.860. The van der Waals surface area contributed by atoms with Crippen LogP contribution in [0.5, 0.6) is 0 Å². The topological polar surface area (TPSA) is 113 Å². The molecule has 0 heterocycles. The zero-order valence-electron chi connectivity index (χ0n) is 42.8. The van der Waals surface area contributed by atoms with Crippen LogP contribution in [0.4, 0.5) is 0 Å². The lowest BCUT2D eigenvalue weighted by atomic mass is 10.0. The number of allylic oxidation sites excluding steroid dienone is 5. The van der Waals surface area contributed by atoms with Crippen LogP contribution in [0.25, 0.3) is 0 Å². The molecule has 0 bridgehead atoms. The Kier molecular flexibility index (Phi) is 66.4. The number of hydrogen-bond acceptors (Lipinski definition) is 4. The molecule has 0 saturated heterocycles. The molecule has 0 fully saturated rings. The Balaban J connectivity index is -0.000000860. The summed E-state index contributed by atoms with van der Waals surface area (Å²) in [5.41, 5.74) is 5.44. The Bertz CT molecular complexity index is 883. The molecule has 6 nitrogen and oxygen atoms in total. The van der Waals surface area contributed by atoms with E-state index in [0.717, 1.165) is 45.2 Å². The maximum Gasteiger partial charge on any atom is 0.303 e. The van der Waals surface area contributed by atoms with Gasteiger partial charge in [0.25, 0.3) is 0 Å². The maximum absolute atomic E-state index is 10.3. The van der Waals surface area contributed by atoms with E-state index in [-0.39, 0.29) is 0 Å². The van der Waals surface area contributed by atoms with Crippen molar-refractivity contribution in [1.82, 2.24) is 5.32 Å². The number of nitrogens with two attached hydrogens (primary N) is 1. The molecule has 63 heavy (non-hydrogen) atoms. The van der Waals surface area contributed by atoms with E-state index in [2.05, 4.69) is 62.7 Å². The number of carboxylic acids is 2. The first-order valence-electron chi connectivity index (χ1n) is 27.8. The van der Waals surface area contributed by atoms with Gasteiger partial charge in [-0.3, -0.25) is 9.59 Å². The minimum atomic E-state index is -0.664. The van der Waals surface area contributed by atoms with Crippen molar-refractivity contribution in [1.29, 1.82) is 0 Å². The Morgan fingerprint density at radius 3 is 0.841 bits per heavy atom. The van der Waals surface area contributed by atoms with E-state index in [4.69, 9.17) is 15.9 Å². The Morgan fingerprint density at radius 2 is 0.587 bits per heavy atom. The van der Waals surface area contributed by atoms with Crippen LogP contribution in [0.15, 0.2) is 36.6 Å². The molecule has 0 aromatic carbocycles. The number of hydrogen-bond donors (Lipinski definition) is 4. The average molecular weight is 890 g/mol. The van der Waals surface area contributed by atoms with Crippen molar-refractivity contribution in [2.75, 3.05) is 13.1 Å². The summed E-state index contributed by atoms with van der Waals surface area (Å²) in [6.45, 7) is 8.59. The zero-order chi connectivity index (χ0) is 46.6. The monoisotopic (exact) mass is 889 g/mol. The second-order valence-corrected chi connectivity index (χ2v) is 18.3. The van der Waals surface area contributed by atoms with Gasteiger partial charge >= 0.3 is 11.9 Å². The summed E-state index contributed by atoms with van der Waals surface area (Å²) in [7, 11) is 0. The van der Waals surface area contributed by atoms with Crippen molar-refractivity contribution < 1.29 is 19.8 Å². The van der Waals surface area contributed by atoms with Crippen molar-refractivity contribution >= 4 is 11.9 Å². The van der Waals surface area contributed by atoms with Gasteiger partial charge in [0.2, 0.25) is 0 Å². The quantitative estimate of drug-likeness (QED) is 0.0358. The van der Waals surface area contributed by atoms with Gasteiger partial charge in [0.15, 0.2) is 0 Å². The predicted octanol–water partition coefficient (Wildman–Crippen LogP) is 18.5. The molecule has 374 valence electrons. The van der Waals surface area contributed by atoms with Gasteiger partial charge in [-0.1, -0.05) is 237 Å². The summed E-state index contributed by atoms with van der Waals surface area (Å²) in [4.78, 5) is 20.6. The summed E-state index contributed by atoms with van der Waals surface area (Å²) < 4.78 is 0. The number of unbranched alkanes of at least 4 members (excludes halogenated alkanes) is 36. The van der Waals surface area contributed by atoms with E-state index in [1.807, 2.05) is 0 Å². The Hall–Kier alpha value is -2.08. The van der Waals surface area contributed by atoms with Crippen molar-refractivity contribution in [3.05, 3.63) is 36.6 Å². The van der Waals surface area contributed by atoms with E-state index in [9.17, 15) is 9.59 Å². The van der Waals surface area contributed by atoms with Crippen LogP contribution in [0.2, 0.25) is 0 Å². The maximum atomic E-state index is 10.3. The van der Waals surface area contributed by atoms with Gasteiger partial charge in [-0.2, -0.15) is 0 Å². The Labute approximate surface area is 394 Å². The van der Waals surface area contributed by atoms with Crippen molar-refractivity contribution in [3.63, 3.8) is 0 Å². The van der Waals surface area contributed by atoms with Crippen LogP contribution in [-0.4, -0.2) is 35.2 Å². The molecule has 0 saturated carbocycles. The molecule has 0 rings (SSSR count). The first-order chi connectivity index (χ1) is 31.0. The molecular weight excluding hydrogens is 777 g/mol. The van der Waals surface area contributed by atoms with Gasteiger partial charge in [-0.05, 0) is 96.2 Å². The second-order valence-electron chi connectivity index (χ2n) is 18.3. The SMILES string of the molecule is CCCCCCCCC=CCCCCCCCC(=O)O.CCCCCCCCC=CCCCCCCCC(=O)O.CCCCCCCCCCCCCCCCC=CNCCCN. The molecule has 0 aromatic heterocycles. The lowest BCUT2D eigenvalue weighted by Crippen LogP contribution is -2.11. The minimum Gasteiger partial charge on any atom is -0.481 e. The van der Waals surface area contributed by atoms with Gasteiger partial charge in [0.1, 0.15) is 0 Å². The van der Waals surface area contributed by atoms with Crippen LogP contribution in [0, 0.1) is 0 Å². The van der Waals surface area contributed by atoms with Crippen LogP contribution >= 0.6 is 0 Å². The number of carbonyl (C=O) groups is 2. The van der Waals surface area contributed by atoms with Crippen molar-refractivity contribution in [2.45, 2.75) is 303 Å². The molecule has 0 radical (unpaired) electrons. The fourth-order valence-electron chi connectivity index (χ4n) is 7.60. The highest BCUT2D eigenvalue weighted by Crippen LogP contribution is 2.14. The highest BCUT2D eigenvalue weighted by atomic mass is 16.4. The van der Waals surface area contributed by atoms with Crippen LogP contribution in [0.1, 0.15) is 303 Å². The van der Waals surface area contributed by atoms with E-state index >= 15 is 0 Å². The number of nitrogens with one attached hydrogen (secondary N) is 1. The lowest BCUT2D eigenvalue weighted by Gasteiger charge is -2.03. The molecule has 0 spiro atoms. The molecule has 0 aliphatic rings. The lowest BCUT2D eigenvalue weighted by molar-refractivity contribution is -0.138. The molecule has 5 N–H and O–H groups in total. The summed E-state index contributed by atoms with van der Waals surface area (Å²) >= 11 is 0. The predicted molar refractivity (Wildman–Crippen MR) is 280 cm³/mol. The molecule has 0 aromatic rings.